The van der Waals surface area contributed by atoms with Crippen molar-refractivity contribution in [1.29, 1.82) is 0 Å². The van der Waals surface area contributed by atoms with E-state index in [1.54, 1.807) is 83.2 Å². The molecule has 0 saturated heterocycles. The van der Waals surface area contributed by atoms with Crippen LogP contribution in [0, 0.1) is 0 Å². The second kappa shape index (κ2) is 11.9. The number of ether oxygens (including phenoxy) is 4. The van der Waals surface area contributed by atoms with Crippen LogP contribution >= 0.6 is 0 Å². The van der Waals surface area contributed by atoms with Crippen LogP contribution in [0.4, 0.5) is 5.69 Å². The first-order valence-electron chi connectivity index (χ1n) is 10.3. The smallest absolute Gasteiger partial charge is 0.271 e. The van der Waals surface area contributed by atoms with E-state index in [0.717, 1.165) is 5.56 Å². The van der Waals surface area contributed by atoms with E-state index in [2.05, 4.69) is 21.1 Å². The van der Waals surface area contributed by atoms with E-state index in [1.165, 1.54) is 6.21 Å². The average molecular weight is 463 g/mol. The number of benzene rings is 3. The van der Waals surface area contributed by atoms with E-state index in [9.17, 15) is 4.79 Å². The summed E-state index contributed by atoms with van der Waals surface area (Å²) in [4.78, 5) is 12.5. The Morgan fingerprint density at radius 3 is 1.85 bits per heavy atom. The zero-order valence-electron chi connectivity index (χ0n) is 19.4. The zero-order valence-corrected chi connectivity index (χ0v) is 19.4. The number of carbonyl (C=O) groups is 1. The lowest BCUT2D eigenvalue weighted by atomic mass is 10.2. The molecule has 3 aromatic rings. The topological polar surface area (TPSA) is 103 Å². The molecule has 0 atom stereocenters. The van der Waals surface area contributed by atoms with Crippen LogP contribution in [-0.4, -0.2) is 46.8 Å². The van der Waals surface area contributed by atoms with Crippen molar-refractivity contribution in [1.82, 2.24) is 5.43 Å². The van der Waals surface area contributed by atoms with E-state index in [4.69, 9.17) is 18.9 Å². The number of rotatable bonds is 10. The van der Waals surface area contributed by atoms with Gasteiger partial charge in [0.2, 0.25) is 0 Å². The summed E-state index contributed by atoms with van der Waals surface area (Å²) in [5.41, 5.74) is 7.87. The summed E-state index contributed by atoms with van der Waals surface area (Å²) in [6, 6.07) is 17.8. The molecule has 0 radical (unpaired) electrons. The minimum Gasteiger partial charge on any atom is -0.493 e. The summed E-state index contributed by atoms with van der Waals surface area (Å²) < 4.78 is 21.3. The molecular weight excluding hydrogens is 436 g/mol. The number of para-hydroxylation sites is 2. The molecule has 3 aromatic carbocycles. The van der Waals surface area contributed by atoms with Crippen LogP contribution in [-0.2, 0) is 0 Å². The van der Waals surface area contributed by atoms with Gasteiger partial charge in [-0.25, -0.2) is 5.43 Å². The van der Waals surface area contributed by atoms with Gasteiger partial charge in [-0.15, -0.1) is 0 Å². The molecule has 34 heavy (non-hydrogen) atoms. The van der Waals surface area contributed by atoms with Crippen LogP contribution in [0.2, 0.25) is 0 Å². The SMILES string of the molecule is COc1cccc(/C=N/NC(=O)c2cccc(N/N=C/c3cccc(OC)c3OC)c2)c1OC. The maximum absolute atomic E-state index is 12.5. The number of hydrazone groups is 2. The average Bonchev–Trinajstić information content (AvgIpc) is 2.88. The minimum absolute atomic E-state index is 0.375. The molecular formula is C25H26N4O5. The number of amides is 1. The van der Waals surface area contributed by atoms with Crippen molar-refractivity contribution < 1.29 is 23.7 Å². The van der Waals surface area contributed by atoms with Gasteiger partial charge >= 0.3 is 0 Å². The summed E-state index contributed by atoms with van der Waals surface area (Å²) in [5.74, 6) is 1.91. The quantitative estimate of drug-likeness (QED) is 0.350. The predicted octanol–water partition coefficient (Wildman–Crippen LogP) is 3.93. The van der Waals surface area contributed by atoms with Crippen molar-refractivity contribution in [2.24, 2.45) is 10.2 Å². The summed E-state index contributed by atoms with van der Waals surface area (Å²) in [7, 11) is 6.24. The minimum atomic E-state index is -0.375. The van der Waals surface area contributed by atoms with Gasteiger partial charge in [0.15, 0.2) is 23.0 Å². The van der Waals surface area contributed by atoms with Gasteiger partial charge in [-0.05, 0) is 42.5 Å². The third-order valence-electron chi connectivity index (χ3n) is 4.76. The normalized spacial score (nSPS) is 10.8. The second-order valence-corrected chi connectivity index (χ2v) is 6.82. The molecule has 0 aromatic heterocycles. The van der Waals surface area contributed by atoms with Crippen molar-refractivity contribution in [3.8, 4) is 23.0 Å². The van der Waals surface area contributed by atoms with Crippen LogP contribution in [0.15, 0.2) is 70.9 Å². The molecule has 0 unspecified atom stereocenters. The molecule has 0 bridgehead atoms. The molecule has 9 nitrogen and oxygen atoms in total. The fraction of sp³-hybridized carbons (Fsp3) is 0.160. The van der Waals surface area contributed by atoms with Crippen LogP contribution in [0.25, 0.3) is 0 Å². The lowest BCUT2D eigenvalue weighted by Gasteiger charge is -2.10. The van der Waals surface area contributed by atoms with Crippen LogP contribution in [0.1, 0.15) is 21.5 Å². The first-order chi connectivity index (χ1) is 16.6. The Balaban J connectivity index is 1.66. The van der Waals surface area contributed by atoms with E-state index >= 15 is 0 Å². The maximum Gasteiger partial charge on any atom is 0.271 e. The van der Waals surface area contributed by atoms with Crippen LogP contribution in [0.3, 0.4) is 0 Å². The lowest BCUT2D eigenvalue weighted by molar-refractivity contribution is 0.0955. The molecule has 0 spiro atoms. The highest BCUT2D eigenvalue weighted by Crippen LogP contribution is 2.30. The number of nitrogens with one attached hydrogen (secondary N) is 2. The Morgan fingerprint density at radius 2 is 1.29 bits per heavy atom. The van der Waals surface area contributed by atoms with Gasteiger partial charge in [-0.3, -0.25) is 10.2 Å². The fourth-order valence-corrected chi connectivity index (χ4v) is 3.16. The highest BCUT2D eigenvalue weighted by molar-refractivity contribution is 5.96. The van der Waals surface area contributed by atoms with Crippen molar-refractivity contribution in [2.75, 3.05) is 33.9 Å². The van der Waals surface area contributed by atoms with Gasteiger partial charge in [0.05, 0.1) is 46.6 Å². The van der Waals surface area contributed by atoms with E-state index in [1.807, 2.05) is 12.1 Å². The number of hydrogen-bond acceptors (Lipinski definition) is 8. The number of hydrogen-bond donors (Lipinski definition) is 2. The number of carbonyl (C=O) groups excluding carboxylic acids is 1. The first kappa shape index (κ1) is 24.1. The molecule has 0 heterocycles. The standard InChI is InChI=1S/C25H26N4O5/c1-31-21-12-6-9-18(23(21)33-3)15-26-28-20-11-5-8-17(14-20)25(30)29-27-16-19-10-7-13-22(32-2)24(19)34-4/h5-16,28H,1-4H3,(H,29,30)/b26-15+,27-16+. The Bertz CT molecular complexity index is 1190. The highest BCUT2D eigenvalue weighted by Gasteiger charge is 2.09. The monoisotopic (exact) mass is 462 g/mol. The summed E-state index contributed by atoms with van der Waals surface area (Å²) in [6.45, 7) is 0. The summed E-state index contributed by atoms with van der Waals surface area (Å²) >= 11 is 0. The Kier molecular flexibility index (Phi) is 8.45. The highest BCUT2D eigenvalue weighted by atomic mass is 16.5. The number of nitrogens with zero attached hydrogens (tertiary/aromatic N) is 2. The molecule has 0 aliphatic rings. The fourth-order valence-electron chi connectivity index (χ4n) is 3.16. The molecule has 0 saturated carbocycles. The van der Waals surface area contributed by atoms with Gasteiger partial charge in [0, 0.05) is 16.7 Å². The molecule has 3 rings (SSSR count). The van der Waals surface area contributed by atoms with Gasteiger partial charge in [0.25, 0.3) is 5.91 Å². The van der Waals surface area contributed by atoms with Crippen molar-refractivity contribution in [2.45, 2.75) is 0 Å². The zero-order chi connectivity index (χ0) is 24.3. The molecule has 0 aliphatic heterocycles. The Hall–Kier alpha value is -4.53. The third kappa shape index (κ3) is 5.83. The van der Waals surface area contributed by atoms with E-state index in [-0.39, 0.29) is 5.91 Å². The van der Waals surface area contributed by atoms with Crippen molar-refractivity contribution in [3.05, 3.63) is 77.4 Å². The molecule has 0 aliphatic carbocycles. The number of anilines is 1. The van der Waals surface area contributed by atoms with Crippen molar-refractivity contribution >= 4 is 24.0 Å². The Labute approximate surface area is 198 Å². The number of methoxy groups -OCH3 is 4. The lowest BCUT2D eigenvalue weighted by Crippen LogP contribution is -2.17. The van der Waals surface area contributed by atoms with Crippen LogP contribution < -0.4 is 29.8 Å². The van der Waals surface area contributed by atoms with Gasteiger partial charge < -0.3 is 18.9 Å². The predicted molar refractivity (Wildman–Crippen MR) is 132 cm³/mol. The molecule has 176 valence electrons. The van der Waals surface area contributed by atoms with E-state index in [0.29, 0.717) is 39.8 Å². The maximum atomic E-state index is 12.5. The molecule has 0 fully saturated rings. The summed E-state index contributed by atoms with van der Waals surface area (Å²) in [5, 5.41) is 8.27. The summed E-state index contributed by atoms with van der Waals surface area (Å²) in [6.07, 6.45) is 3.10. The van der Waals surface area contributed by atoms with E-state index < -0.39 is 0 Å². The van der Waals surface area contributed by atoms with Crippen LogP contribution in [0.5, 0.6) is 23.0 Å². The van der Waals surface area contributed by atoms with Gasteiger partial charge in [-0.2, -0.15) is 10.2 Å². The molecule has 1 amide bonds. The molecule has 9 heteroatoms. The first-order valence-corrected chi connectivity index (χ1v) is 10.3. The largest absolute Gasteiger partial charge is 0.493 e. The van der Waals surface area contributed by atoms with Gasteiger partial charge in [-0.1, -0.05) is 18.2 Å². The van der Waals surface area contributed by atoms with Crippen molar-refractivity contribution in [3.63, 3.8) is 0 Å². The molecule has 2 N–H and O–H groups in total. The Morgan fingerprint density at radius 1 is 0.735 bits per heavy atom. The third-order valence-corrected chi connectivity index (χ3v) is 4.76. The second-order valence-electron chi connectivity index (χ2n) is 6.82. The van der Waals surface area contributed by atoms with Gasteiger partial charge in [0.1, 0.15) is 0 Å².